The van der Waals surface area contributed by atoms with E-state index < -0.39 is 0 Å². The van der Waals surface area contributed by atoms with Crippen molar-refractivity contribution in [2.75, 3.05) is 23.7 Å². The lowest BCUT2D eigenvalue weighted by Gasteiger charge is -2.41. The zero-order valence-electron chi connectivity index (χ0n) is 48.5. The molecule has 2 saturated heterocycles. The van der Waals surface area contributed by atoms with Gasteiger partial charge in [0.05, 0.1) is 47.8 Å². The van der Waals surface area contributed by atoms with E-state index >= 15 is 0 Å². The first kappa shape index (κ1) is 57.5. The molecular formula is C66H78N10O8. The smallest absolute Gasteiger partial charge is 0.310 e. The quantitative estimate of drug-likeness (QED) is 0.0751. The van der Waals surface area contributed by atoms with Crippen LogP contribution in [0.15, 0.2) is 134 Å². The van der Waals surface area contributed by atoms with Gasteiger partial charge in [-0.15, -0.1) is 0 Å². The Morgan fingerprint density at radius 1 is 0.512 bits per heavy atom. The second-order valence-electron chi connectivity index (χ2n) is 24.0. The maximum Gasteiger partial charge on any atom is 0.310 e. The van der Waals surface area contributed by atoms with Gasteiger partial charge in [0.2, 0.25) is 11.8 Å². The molecule has 4 N–H and O–H groups in total. The molecule has 4 aromatic carbocycles. The third-order valence-electron chi connectivity index (χ3n) is 18.1. The Bertz CT molecular complexity index is 3090. The van der Waals surface area contributed by atoms with Crippen LogP contribution < -0.4 is 21.3 Å². The molecule has 2 aromatic heterocycles. The fourth-order valence-corrected chi connectivity index (χ4v) is 13.8. The van der Waals surface area contributed by atoms with Crippen LogP contribution in [0.5, 0.6) is 0 Å². The van der Waals surface area contributed by atoms with Gasteiger partial charge in [-0.2, -0.15) is 0 Å². The highest BCUT2D eigenvalue weighted by atomic mass is 16.5. The minimum Gasteiger partial charge on any atom is -0.444 e. The molecule has 2 aliphatic carbocycles. The van der Waals surface area contributed by atoms with Crippen molar-refractivity contribution in [1.29, 1.82) is 0 Å². The normalized spacial score (nSPS) is 24.8. The number of likely N-dealkylation sites (tertiary alicyclic amines) is 2. The maximum absolute atomic E-state index is 14.4. The topological polar surface area (TPSA) is 211 Å². The van der Waals surface area contributed by atoms with Gasteiger partial charge in [0, 0.05) is 84.3 Å². The number of hydrogen-bond donors (Lipinski definition) is 4. The van der Waals surface area contributed by atoms with Crippen LogP contribution >= 0.6 is 0 Å². The molecule has 18 heteroatoms. The highest BCUT2D eigenvalue weighted by Gasteiger charge is 2.51. The second kappa shape index (κ2) is 25.7. The van der Waals surface area contributed by atoms with E-state index in [1.54, 1.807) is 36.7 Å². The zero-order chi connectivity index (χ0) is 58.4. The number of benzene rings is 4. The third-order valence-corrected chi connectivity index (χ3v) is 18.1. The van der Waals surface area contributed by atoms with Crippen molar-refractivity contribution < 1.29 is 38.2 Å². The Morgan fingerprint density at radius 2 is 0.893 bits per heavy atom. The van der Waals surface area contributed by atoms with Crippen molar-refractivity contribution in [1.82, 2.24) is 39.5 Å². The molecule has 0 unspecified atom stereocenters. The fraction of sp³-hybridized carbons (Fsp3) is 0.455. The number of nitrogens with one attached hydrogen (secondary N) is 4. The summed E-state index contributed by atoms with van der Waals surface area (Å²) < 4.78 is 14.8. The molecular weight excluding hydrogens is 1060 g/mol. The van der Waals surface area contributed by atoms with Gasteiger partial charge < -0.3 is 40.5 Å². The van der Waals surface area contributed by atoms with Gasteiger partial charge in [-0.3, -0.25) is 37.9 Å². The molecule has 4 aliphatic heterocycles. The summed E-state index contributed by atoms with van der Waals surface area (Å²) >= 11 is 0. The van der Waals surface area contributed by atoms with E-state index in [1.165, 1.54) is 0 Å². The Balaban J connectivity index is 0.000000175. The van der Waals surface area contributed by atoms with Gasteiger partial charge in [-0.1, -0.05) is 126 Å². The van der Waals surface area contributed by atoms with Gasteiger partial charge in [0.1, 0.15) is 11.6 Å². The number of aromatic nitrogens is 4. The second-order valence-corrected chi connectivity index (χ2v) is 24.0. The van der Waals surface area contributed by atoms with Crippen LogP contribution in [0.3, 0.4) is 0 Å². The Labute approximate surface area is 491 Å². The number of imidazole rings is 2. The van der Waals surface area contributed by atoms with Crippen LogP contribution in [0, 0.1) is 35.5 Å². The summed E-state index contributed by atoms with van der Waals surface area (Å²) in [6.07, 6.45) is 15.8. The first-order valence-electron chi connectivity index (χ1n) is 30.2. The van der Waals surface area contributed by atoms with E-state index in [9.17, 15) is 28.8 Å². The van der Waals surface area contributed by atoms with E-state index in [4.69, 9.17) is 9.47 Å². The Kier molecular flexibility index (Phi) is 17.6. The largest absolute Gasteiger partial charge is 0.444 e. The summed E-state index contributed by atoms with van der Waals surface area (Å²) in [5.74, 6) is 0.274. The van der Waals surface area contributed by atoms with E-state index in [1.807, 2.05) is 110 Å². The molecule has 440 valence electrons. The molecule has 2 saturated carbocycles. The number of carbonyl (C=O) groups is 6. The van der Waals surface area contributed by atoms with Crippen LogP contribution in [-0.4, -0.2) is 89.6 Å². The standard InChI is InChI=1S/2C33H39N5O4/c2*1-21(2)33(41)42-20-37-19-17-34-30(37)28-25-16-18-38(29(25)23-12-6-8-14-26(23)35-28)32(40)24-13-7-9-15-27(24)36-31(39)22-10-4-3-5-11-22/h2*3-6,8,10-12,14,17,19,21,24-25,27-29,35H,7,9,13,15-16,18,20H2,1-2H3,(H,36,39)/t24-,25+,27+,28+,29-;24-,25-,27+,28-,29+/m00/s1. The molecule has 6 aromatic rings. The average molecular weight is 1140 g/mol. The van der Waals surface area contributed by atoms with Gasteiger partial charge in [0.15, 0.2) is 13.5 Å². The summed E-state index contributed by atoms with van der Waals surface area (Å²) in [7, 11) is 0. The molecule has 4 fully saturated rings. The first-order chi connectivity index (χ1) is 40.8. The number of amides is 4. The molecule has 18 nitrogen and oxygen atoms in total. The highest BCUT2D eigenvalue weighted by Crippen LogP contribution is 2.53. The number of para-hydroxylation sites is 2. The summed E-state index contributed by atoms with van der Waals surface area (Å²) in [5.41, 5.74) is 5.40. The number of nitrogens with zero attached hydrogens (tertiary/aromatic N) is 6. The van der Waals surface area contributed by atoms with Crippen molar-refractivity contribution in [2.45, 2.75) is 142 Å². The van der Waals surface area contributed by atoms with E-state index in [0.29, 0.717) is 24.2 Å². The number of hydrogen-bond acceptors (Lipinski definition) is 12. The molecule has 0 radical (unpaired) electrons. The number of fused-ring (bicyclic) bond motifs is 6. The highest BCUT2D eigenvalue weighted by molar-refractivity contribution is 5.95. The Morgan fingerprint density at radius 3 is 1.30 bits per heavy atom. The summed E-state index contributed by atoms with van der Waals surface area (Å²) in [5, 5.41) is 13.8. The van der Waals surface area contributed by atoms with Gasteiger partial charge in [0.25, 0.3) is 11.8 Å². The van der Waals surface area contributed by atoms with Gasteiger partial charge in [-0.05, 0) is 86.1 Å². The van der Waals surface area contributed by atoms with Crippen molar-refractivity contribution >= 4 is 46.9 Å². The average Bonchev–Trinajstić information content (AvgIpc) is 2.54. The summed E-state index contributed by atoms with van der Waals surface area (Å²) in [4.78, 5) is 92.7. The number of ether oxygens (including phenoxy) is 2. The predicted octanol–water partition coefficient (Wildman–Crippen LogP) is 10.2. The molecule has 84 heavy (non-hydrogen) atoms. The van der Waals surface area contributed by atoms with Gasteiger partial charge >= 0.3 is 11.9 Å². The summed E-state index contributed by atoms with van der Waals surface area (Å²) in [6.45, 7) is 8.73. The lowest BCUT2D eigenvalue weighted by molar-refractivity contribution is -0.152. The predicted molar refractivity (Wildman–Crippen MR) is 316 cm³/mol. The zero-order valence-corrected chi connectivity index (χ0v) is 48.5. The summed E-state index contributed by atoms with van der Waals surface area (Å²) in [6, 6.07) is 33.8. The molecule has 10 atom stereocenters. The minimum absolute atomic E-state index is 0.0896. The lowest BCUT2D eigenvalue weighted by Crippen LogP contribution is -2.50. The van der Waals surface area contributed by atoms with E-state index in [0.717, 1.165) is 98.4 Å². The van der Waals surface area contributed by atoms with Crippen molar-refractivity contribution in [3.8, 4) is 0 Å². The number of esters is 2. The third kappa shape index (κ3) is 12.1. The molecule has 12 rings (SSSR count). The van der Waals surface area contributed by atoms with Crippen molar-refractivity contribution in [3.05, 3.63) is 168 Å². The minimum atomic E-state index is -0.261. The monoisotopic (exact) mass is 1140 g/mol. The number of anilines is 2. The molecule has 0 bridgehead atoms. The van der Waals surface area contributed by atoms with Gasteiger partial charge in [-0.25, -0.2) is 9.97 Å². The van der Waals surface area contributed by atoms with Crippen LogP contribution in [-0.2, 0) is 42.1 Å². The number of rotatable bonds is 14. The number of carbonyl (C=O) groups excluding carboxylic acids is 6. The molecule has 0 spiro atoms. The fourth-order valence-electron chi connectivity index (χ4n) is 13.8. The van der Waals surface area contributed by atoms with Crippen molar-refractivity contribution in [3.63, 3.8) is 0 Å². The molecule has 6 heterocycles. The Hall–Kier alpha value is -8.28. The SMILES string of the molecule is CC(C)C(=O)OCn1ccnc1[C@@H]1Nc2ccccc2[C@H]2[C@@H]1CCN2C(=O)[C@H]1CCCC[C@H]1NC(=O)c1ccccc1.CC(C)C(=O)OCn1ccnc1[C@H]1Nc2ccccc2[C@@H]2[C@H]1CCN2C(=O)[C@H]1CCCC[C@H]1NC(=O)c1ccccc1. The first-order valence-corrected chi connectivity index (χ1v) is 30.2. The van der Waals surface area contributed by atoms with Crippen LogP contribution in [0.1, 0.15) is 160 Å². The molecule has 4 amide bonds. The molecule has 6 aliphatic rings. The lowest BCUT2D eigenvalue weighted by atomic mass is 9.80. The van der Waals surface area contributed by atoms with E-state index in [2.05, 4.69) is 65.3 Å². The van der Waals surface area contributed by atoms with Crippen molar-refractivity contribution in [2.24, 2.45) is 35.5 Å². The van der Waals surface area contributed by atoms with Crippen LogP contribution in [0.4, 0.5) is 11.4 Å². The maximum atomic E-state index is 14.4. The van der Waals surface area contributed by atoms with Crippen LogP contribution in [0.2, 0.25) is 0 Å². The van der Waals surface area contributed by atoms with E-state index in [-0.39, 0.29) is 121 Å². The van der Waals surface area contributed by atoms with Crippen LogP contribution in [0.25, 0.3) is 0 Å².